The van der Waals surface area contributed by atoms with Crippen LogP contribution in [0.2, 0.25) is 0 Å². The minimum absolute atomic E-state index is 0.0781. The first kappa shape index (κ1) is 15.8. The molecule has 1 aliphatic rings. The van der Waals surface area contributed by atoms with E-state index in [0.29, 0.717) is 6.61 Å². The molecule has 3 rings (SSSR count). The van der Waals surface area contributed by atoms with Gasteiger partial charge in [0.15, 0.2) is 5.82 Å². The quantitative estimate of drug-likeness (QED) is 0.840. The van der Waals surface area contributed by atoms with Crippen molar-refractivity contribution in [1.29, 1.82) is 0 Å². The molecular formula is C16H22N6O. The summed E-state index contributed by atoms with van der Waals surface area (Å²) < 4.78 is 5.83. The van der Waals surface area contributed by atoms with Crippen LogP contribution in [0.3, 0.4) is 0 Å². The lowest BCUT2D eigenvalue weighted by molar-refractivity contribution is -0.0373. The number of nitrogens with zero attached hydrogens (tertiary/aromatic N) is 6. The van der Waals surface area contributed by atoms with Crippen molar-refractivity contribution < 1.29 is 4.74 Å². The maximum absolute atomic E-state index is 5.83. The summed E-state index contributed by atoms with van der Waals surface area (Å²) >= 11 is 0. The number of hydrogen-bond donors (Lipinski definition) is 0. The third-order valence-corrected chi connectivity index (χ3v) is 3.75. The maximum atomic E-state index is 5.83. The molecule has 0 N–H and O–H groups in total. The number of aromatic nitrogens is 4. The van der Waals surface area contributed by atoms with Gasteiger partial charge in [0.05, 0.1) is 6.61 Å². The number of anilines is 1. The second-order valence-corrected chi connectivity index (χ2v) is 5.94. The molecule has 7 nitrogen and oxygen atoms in total. The van der Waals surface area contributed by atoms with Crippen molar-refractivity contribution in [2.45, 2.75) is 19.6 Å². The molecule has 0 aromatic carbocycles. The van der Waals surface area contributed by atoms with Gasteiger partial charge in [0, 0.05) is 63.6 Å². The molecular weight excluding hydrogens is 292 g/mol. The monoisotopic (exact) mass is 314 g/mol. The predicted octanol–water partition coefficient (Wildman–Crippen LogP) is 1.21. The molecule has 122 valence electrons. The van der Waals surface area contributed by atoms with Crippen LogP contribution in [0.5, 0.6) is 0 Å². The molecule has 0 amide bonds. The first-order valence-corrected chi connectivity index (χ1v) is 7.73. The van der Waals surface area contributed by atoms with E-state index in [2.05, 4.69) is 24.8 Å². The lowest BCUT2D eigenvalue weighted by atomic mass is 10.2. The highest BCUT2D eigenvalue weighted by Crippen LogP contribution is 2.20. The van der Waals surface area contributed by atoms with Crippen LogP contribution in [-0.2, 0) is 11.3 Å². The SMILES string of the molecule is Cc1ccnc(C2CN(Cc3cnc(N(C)C)nc3)CCO2)n1. The van der Waals surface area contributed by atoms with E-state index in [4.69, 9.17) is 4.74 Å². The fourth-order valence-electron chi connectivity index (χ4n) is 2.54. The molecule has 1 atom stereocenters. The average molecular weight is 314 g/mol. The Bertz CT molecular complexity index is 645. The number of rotatable bonds is 4. The first-order valence-electron chi connectivity index (χ1n) is 7.73. The number of ether oxygens (including phenoxy) is 1. The summed E-state index contributed by atoms with van der Waals surface area (Å²) in [4.78, 5) is 21.8. The lowest BCUT2D eigenvalue weighted by Gasteiger charge is -2.32. The average Bonchev–Trinajstić information content (AvgIpc) is 2.56. The summed E-state index contributed by atoms with van der Waals surface area (Å²) in [6, 6.07) is 1.90. The largest absolute Gasteiger partial charge is 0.368 e. The molecule has 2 aromatic rings. The molecule has 3 heterocycles. The zero-order valence-electron chi connectivity index (χ0n) is 13.8. The van der Waals surface area contributed by atoms with E-state index >= 15 is 0 Å². The second kappa shape index (κ2) is 6.97. The molecule has 23 heavy (non-hydrogen) atoms. The molecule has 0 bridgehead atoms. The minimum atomic E-state index is -0.0781. The van der Waals surface area contributed by atoms with E-state index in [9.17, 15) is 0 Å². The summed E-state index contributed by atoms with van der Waals surface area (Å²) in [6.45, 7) is 5.12. The van der Waals surface area contributed by atoms with Crippen molar-refractivity contribution >= 4 is 5.95 Å². The number of hydrogen-bond acceptors (Lipinski definition) is 7. The van der Waals surface area contributed by atoms with E-state index in [-0.39, 0.29) is 6.10 Å². The van der Waals surface area contributed by atoms with E-state index in [1.165, 1.54) is 0 Å². The standard InChI is InChI=1S/C16H22N6O/c1-12-4-5-17-15(20-12)14-11-22(6-7-23-14)10-13-8-18-16(19-9-13)21(2)3/h4-5,8-9,14H,6-7,10-11H2,1-3H3. The van der Waals surface area contributed by atoms with Crippen molar-refractivity contribution in [3.05, 3.63) is 41.7 Å². The highest BCUT2D eigenvalue weighted by molar-refractivity contribution is 5.26. The molecule has 0 saturated carbocycles. The summed E-state index contributed by atoms with van der Waals surface area (Å²) in [6.07, 6.45) is 5.48. The van der Waals surface area contributed by atoms with Crippen molar-refractivity contribution in [2.75, 3.05) is 38.7 Å². The molecule has 0 aliphatic carbocycles. The van der Waals surface area contributed by atoms with Gasteiger partial charge in [-0.25, -0.2) is 19.9 Å². The summed E-state index contributed by atoms with van der Waals surface area (Å²) in [7, 11) is 3.87. The summed E-state index contributed by atoms with van der Waals surface area (Å²) in [5, 5.41) is 0. The number of morpholine rings is 1. The van der Waals surface area contributed by atoms with Gasteiger partial charge in [0.25, 0.3) is 0 Å². The Labute approximate surface area is 136 Å². The van der Waals surface area contributed by atoms with Crippen molar-refractivity contribution in [2.24, 2.45) is 0 Å². The van der Waals surface area contributed by atoms with Crippen LogP contribution in [0.4, 0.5) is 5.95 Å². The Hall–Kier alpha value is -2.12. The van der Waals surface area contributed by atoms with E-state index in [1.54, 1.807) is 6.20 Å². The van der Waals surface area contributed by atoms with Crippen molar-refractivity contribution in [3.8, 4) is 0 Å². The van der Waals surface area contributed by atoms with Crippen LogP contribution >= 0.6 is 0 Å². The molecule has 1 unspecified atom stereocenters. The lowest BCUT2D eigenvalue weighted by Crippen LogP contribution is -2.38. The third kappa shape index (κ3) is 4.00. The second-order valence-electron chi connectivity index (χ2n) is 5.94. The smallest absolute Gasteiger partial charge is 0.224 e. The van der Waals surface area contributed by atoms with Gasteiger partial charge in [-0.2, -0.15) is 0 Å². The van der Waals surface area contributed by atoms with Gasteiger partial charge in [0.1, 0.15) is 6.10 Å². The molecule has 1 aliphatic heterocycles. The van der Waals surface area contributed by atoms with Crippen molar-refractivity contribution in [3.63, 3.8) is 0 Å². The van der Waals surface area contributed by atoms with Gasteiger partial charge in [-0.3, -0.25) is 4.90 Å². The Kier molecular flexibility index (Phi) is 4.78. The fourth-order valence-corrected chi connectivity index (χ4v) is 2.54. The Morgan fingerprint density at radius 2 is 2.04 bits per heavy atom. The molecule has 0 radical (unpaired) electrons. The van der Waals surface area contributed by atoms with Crippen LogP contribution in [-0.4, -0.2) is 58.6 Å². The number of aryl methyl sites for hydroxylation is 1. The van der Waals surface area contributed by atoms with Crippen molar-refractivity contribution in [1.82, 2.24) is 24.8 Å². The third-order valence-electron chi connectivity index (χ3n) is 3.75. The molecule has 7 heteroatoms. The highest BCUT2D eigenvalue weighted by Gasteiger charge is 2.24. The summed E-state index contributed by atoms with van der Waals surface area (Å²) in [5.41, 5.74) is 2.06. The van der Waals surface area contributed by atoms with Gasteiger partial charge in [-0.1, -0.05) is 0 Å². The van der Waals surface area contributed by atoms with Gasteiger partial charge in [-0.05, 0) is 13.0 Å². The first-order chi connectivity index (χ1) is 11.1. The van der Waals surface area contributed by atoms with Gasteiger partial charge in [-0.15, -0.1) is 0 Å². The maximum Gasteiger partial charge on any atom is 0.224 e. The van der Waals surface area contributed by atoms with Gasteiger partial charge < -0.3 is 9.64 Å². The van der Waals surface area contributed by atoms with E-state index in [1.807, 2.05) is 44.4 Å². The molecule has 1 fully saturated rings. The topological polar surface area (TPSA) is 67.3 Å². The van der Waals surface area contributed by atoms with Crippen LogP contribution in [0, 0.1) is 6.92 Å². The Morgan fingerprint density at radius 1 is 1.26 bits per heavy atom. The van der Waals surface area contributed by atoms with Gasteiger partial charge >= 0.3 is 0 Å². The minimum Gasteiger partial charge on any atom is -0.368 e. The van der Waals surface area contributed by atoms with Crippen LogP contribution in [0.25, 0.3) is 0 Å². The van der Waals surface area contributed by atoms with Crippen LogP contribution < -0.4 is 4.90 Å². The normalized spacial score (nSPS) is 18.8. The Morgan fingerprint density at radius 3 is 2.74 bits per heavy atom. The van der Waals surface area contributed by atoms with Crippen LogP contribution in [0.15, 0.2) is 24.7 Å². The Balaban J connectivity index is 1.64. The van der Waals surface area contributed by atoms with E-state index < -0.39 is 0 Å². The fraction of sp³-hybridized carbons (Fsp3) is 0.500. The molecule has 1 saturated heterocycles. The zero-order chi connectivity index (χ0) is 16.2. The van der Waals surface area contributed by atoms with Crippen LogP contribution in [0.1, 0.15) is 23.2 Å². The van der Waals surface area contributed by atoms with Gasteiger partial charge in [0.2, 0.25) is 5.95 Å². The zero-order valence-corrected chi connectivity index (χ0v) is 13.8. The molecule has 0 spiro atoms. The molecule has 2 aromatic heterocycles. The summed E-state index contributed by atoms with van der Waals surface area (Å²) in [5.74, 6) is 1.48. The predicted molar refractivity (Wildman–Crippen MR) is 87.1 cm³/mol. The van der Waals surface area contributed by atoms with E-state index in [0.717, 1.165) is 42.7 Å². The highest BCUT2D eigenvalue weighted by atomic mass is 16.5.